The van der Waals surface area contributed by atoms with E-state index in [-0.39, 0.29) is 6.04 Å². The Balaban J connectivity index is 2.71. The number of rotatable bonds is 6. The molecule has 0 aliphatic rings. The lowest BCUT2D eigenvalue weighted by atomic mass is 10.3. The Hall–Kier alpha value is -0.680. The molecule has 0 amide bonds. The normalized spacial score (nSPS) is 15.0. The fourth-order valence-corrected chi connectivity index (χ4v) is 2.86. The third-order valence-corrected chi connectivity index (χ3v) is 3.85. The van der Waals surface area contributed by atoms with Gasteiger partial charge in [0, 0.05) is 29.1 Å². The van der Waals surface area contributed by atoms with Crippen molar-refractivity contribution in [2.45, 2.75) is 45.5 Å². The summed E-state index contributed by atoms with van der Waals surface area (Å²) in [5.41, 5.74) is 7.75. The third-order valence-electron chi connectivity index (χ3n) is 2.33. The molecule has 16 heavy (non-hydrogen) atoms. The first-order chi connectivity index (χ1) is 7.56. The van der Waals surface area contributed by atoms with Crippen LogP contribution in [0.15, 0.2) is 6.07 Å². The highest BCUT2D eigenvalue weighted by atomic mass is 32.2. The lowest BCUT2D eigenvalue weighted by Gasteiger charge is -2.06. The third kappa shape index (κ3) is 3.72. The van der Waals surface area contributed by atoms with Gasteiger partial charge in [-0.3, -0.25) is 8.89 Å². The largest absolute Gasteiger partial charge is 0.327 e. The molecule has 0 aliphatic carbocycles. The van der Waals surface area contributed by atoms with E-state index in [0.29, 0.717) is 11.5 Å². The first-order valence-corrected chi connectivity index (χ1v) is 7.21. The molecule has 0 saturated carbocycles. The van der Waals surface area contributed by atoms with Gasteiger partial charge in [0.15, 0.2) is 0 Å². The summed E-state index contributed by atoms with van der Waals surface area (Å²) in [7, 11) is -0.887. The van der Waals surface area contributed by atoms with Gasteiger partial charge in [0.1, 0.15) is 0 Å². The molecule has 0 saturated heterocycles. The Kier molecular flexibility index (Phi) is 5.15. The Labute approximate surface area is 99.7 Å². The van der Waals surface area contributed by atoms with Gasteiger partial charge in [-0.15, -0.1) is 0 Å². The van der Waals surface area contributed by atoms with E-state index in [1.807, 2.05) is 24.6 Å². The monoisotopic (exact) mass is 243 g/mol. The molecule has 0 aromatic carbocycles. The van der Waals surface area contributed by atoms with Gasteiger partial charge in [0.25, 0.3) is 0 Å². The van der Waals surface area contributed by atoms with Gasteiger partial charge >= 0.3 is 0 Å². The van der Waals surface area contributed by atoms with Crippen molar-refractivity contribution in [1.82, 2.24) is 9.78 Å². The number of aryl methyl sites for hydroxylation is 2. The van der Waals surface area contributed by atoms with Gasteiger partial charge < -0.3 is 5.73 Å². The van der Waals surface area contributed by atoms with Crippen molar-refractivity contribution in [2.75, 3.05) is 5.75 Å². The fraction of sp³-hybridized carbons (Fsp3) is 0.727. The van der Waals surface area contributed by atoms with Crippen molar-refractivity contribution in [3.8, 4) is 0 Å². The molecule has 1 aromatic rings. The van der Waals surface area contributed by atoms with Crippen molar-refractivity contribution in [3.63, 3.8) is 0 Å². The molecule has 2 N–H and O–H groups in total. The second-order valence-corrected chi connectivity index (χ2v) is 5.53. The highest BCUT2D eigenvalue weighted by molar-refractivity contribution is 7.84. The molecule has 2 atom stereocenters. The molecular formula is C11H21N3OS. The second-order valence-electron chi connectivity index (χ2n) is 4.02. The highest BCUT2D eigenvalue weighted by Crippen LogP contribution is 2.08. The molecule has 0 fully saturated rings. The Morgan fingerprint density at radius 3 is 2.75 bits per heavy atom. The number of hydrogen-bond acceptors (Lipinski definition) is 3. The van der Waals surface area contributed by atoms with Crippen LogP contribution in [0, 0.1) is 0 Å². The van der Waals surface area contributed by atoms with Crippen molar-refractivity contribution in [1.29, 1.82) is 0 Å². The summed E-state index contributed by atoms with van der Waals surface area (Å²) < 4.78 is 13.7. The van der Waals surface area contributed by atoms with Crippen LogP contribution < -0.4 is 5.73 Å². The summed E-state index contributed by atoms with van der Waals surface area (Å²) in [6, 6.07) is 2.03. The zero-order valence-electron chi connectivity index (χ0n) is 10.3. The maximum absolute atomic E-state index is 11.8. The van der Waals surface area contributed by atoms with Gasteiger partial charge in [-0.05, 0) is 26.3 Å². The number of nitrogens with two attached hydrogens (primary N) is 1. The smallest absolute Gasteiger partial charge is 0.0656 e. The number of aromatic nitrogens is 2. The van der Waals surface area contributed by atoms with Crippen LogP contribution in [0.2, 0.25) is 0 Å². The minimum atomic E-state index is -0.887. The Morgan fingerprint density at radius 2 is 2.25 bits per heavy atom. The summed E-state index contributed by atoms with van der Waals surface area (Å²) in [6.07, 6.45) is 0.917. The summed E-state index contributed by atoms with van der Waals surface area (Å²) in [6.45, 7) is 6.83. The first kappa shape index (κ1) is 13.4. The Morgan fingerprint density at radius 1 is 1.56 bits per heavy atom. The summed E-state index contributed by atoms with van der Waals surface area (Å²) in [5, 5.41) is 4.43. The molecule has 92 valence electrons. The van der Waals surface area contributed by atoms with E-state index in [0.717, 1.165) is 24.4 Å². The van der Waals surface area contributed by atoms with E-state index in [9.17, 15) is 4.21 Å². The van der Waals surface area contributed by atoms with Crippen molar-refractivity contribution < 1.29 is 4.21 Å². The van der Waals surface area contributed by atoms with Crippen LogP contribution in [0.25, 0.3) is 0 Å². The lowest BCUT2D eigenvalue weighted by Crippen LogP contribution is -2.24. The van der Waals surface area contributed by atoms with Crippen molar-refractivity contribution in [3.05, 3.63) is 17.5 Å². The van der Waals surface area contributed by atoms with Crippen LogP contribution in [-0.2, 0) is 29.5 Å². The number of nitrogens with zero attached hydrogens (tertiary/aromatic N) is 2. The molecule has 0 radical (unpaired) electrons. The minimum absolute atomic E-state index is 0.00974. The second kappa shape index (κ2) is 6.15. The van der Waals surface area contributed by atoms with Crippen LogP contribution >= 0.6 is 0 Å². The van der Waals surface area contributed by atoms with E-state index in [2.05, 4.69) is 12.0 Å². The van der Waals surface area contributed by atoms with Crippen LogP contribution in [0.4, 0.5) is 0 Å². The van der Waals surface area contributed by atoms with E-state index in [1.54, 1.807) is 0 Å². The fourth-order valence-electron chi connectivity index (χ4n) is 1.59. The minimum Gasteiger partial charge on any atom is -0.327 e. The molecule has 1 aromatic heterocycles. The van der Waals surface area contributed by atoms with Gasteiger partial charge in [-0.2, -0.15) is 5.10 Å². The number of hydrogen-bond donors (Lipinski definition) is 1. The maximum atomic E-state index is 11.8. The van der Waals surface area contributed by atoms with Gasteiger partial charge in [0.2, 0.25) is 0 Å². The SMILES string of the molecule is CCc1cc(CS(=O)CC(C)N)n(CC)n1. The van der Waals surface area contributed by atoms with Crippen LogP contribution in [0.3, 0.4) is 0 Å². The molecule has 2 unspecified atom stereocenters. The summed E-state index contributed by atoms with van der Waals surface area (Å²) in [4.78, 5) is 0. The van der Waals surface area contributed by atoms with Crippen LogP contribution in [0.1, 0.15) is 32.2 Å². The van der Waals surface area contributed by atoms with Gasteiger partial charge in [0.05, 0.1) is 17.1 Å². The molecule has 0 spiro atoms. The predicted molar refractivity (Wildman–Crippen MR) is 67.6 cm³/mol. The van der Waals surface area contributed by atoms with Gasteiger partial charge in [-0.25, -0.2) is 0 Å². The average Bonchev–Trinajstić information content (AvgIpc) is 2.59. The van der Waals surface area contributed by atoms with Crippen molar-refractivity contribution >= 4 is 10.8 Å². The predicted octanol–water partition coefficient (Wildman–Crippen LogP) is 1.06. The lowest BCUT2D eigenvalue weighted by molar-refractivity contribution is 0.622. The maximum Gasteiger partial charge on any atom is 0.0656 e. The summed E-state index contributed by atoms with van der Waals surface area (Å²) in [5.74, 6) is 1.11. The van der Waals surface area contributed by atoms with Gasteiger partial charge in [-0.1, -0.05) is 6.92 Å². The average molecular weight is 243 g/mol. The molecule has 1 heterocycles. The molecule has 5 heteroatoms. The Bertz CT molecular complexity index is 360. The topological polar surface area (TPSA) is 60.9 Å². The van der Waals surface area contributed by atoms with Crippen molar-refractivity contribution in [2.24, 2.45) is 5.73 Å². The standard InChI is InChI=1S/C11H21N3OS/c1-4-10-6-11(14(5-2)13-10)8-16(15)7-9(3)12/h6,9H,4-5,7-8,12H2,1-3H3. The van der Waals surface area contributed by atoms with Crippen LogP contribution in [-0.4, -0.2) is 25.8 Å². The molecule has 1 rings (SSSR count). The van der Waals surface area contributed by atoms with E-state index < -0.39 is 10.8 Å². The molecule has 0 aliphatic heterocycles. The van der Waals surface area contributed by atoms with Crippen LogP contribution in [0.5, 0.6) is 0 Å². The molecular weight excluding hydrogens is 222 g/mol. The summed E-state index contributed by atoms with van der Waals surface area (Å²) >= 11 is 0. The van der Waals surface area contributed by atoms with E-state index >= 15 is 0 Å². The first-order valence-electron chi connectivity index (χ1n) is 5.73. The highest BCUT2D eigenvalue weighted by Gasteiger charge is 2.10. The molecule has 4 nitrogen and oxygen atoms in total. The zero-order chi connectivity index (χ0) is 12.1. The molecule has 0 bridgehead atoms. The van der Waals surface area contributed by atoms with E-state index in [4.69, 9.17) is 5.73 Å². The quantitative estimate of drug-likeness (QED) is 0.812. The zero-order valence-corrected chi connectivity index (χ0v) is 11.1. The van der Waals surface area contributed by atoms with E-state index in [1.165, 1.54) is 0 Å².